The number of nitrogens with two attached hydrogens (primary N) is 1. The molecule has 1 aliphatic heterocycles. The van der Waals surface area contributed by atoms with Crippen LogP contribution < -0.4 is 10.5 Å². The van der Waals surface area contributed by atoms with Gasteiger partial charge in [0.15, 0.2) is 0 Å². The van der Waals surface area contributed by atoms with Crippen molar-refractivity contribution in [2.24, 2.45) is 11.1 Å². The molecule has 1 aromatic carbocycles. The summed E-state index contributed by atoms with van der Waals surface area (Å²) in [6.45, 7) is 3.22. The predicted molar refractivity (Wildman–Crippen MR) is 97.0 cm³/mol. The van der Waals surface area contributed by atoms with Crippen LogP contribution in [0.15, 0.2) is 18.2 Å². The second kappa shape index (κ2) is 8.85. The molecule has 140 valence electrons. The standard InChI is InChI=1S/C18H27ClN2O4/c1-2-6-18(12-22)11-21(8-5-16(18)23)17(24)14-10-13(19)3-4-15(14)25-9-7-20/h3-4,10,16,22-23H,2,5-9,11-12,20H2,1H3/t16-,18+/m1/s1. The van der Waals surface area contributed by atoms with Crippen molar-refractivity contribution in [1.29, 1.82) is 0 Å². The van der Waals surface area contributed by atoms with E-state index in [0.717, 1.165) is 6.42 Å². The van der Waals surface area contributed by atoms with Crippen LogP contribution in [0.4, 0.5) is 0 Å². The molecular weight excluding hydrogens is 344 g/mol. The predicted octanol–water partition coefficient (Wildman–Crippen LogP) is 1.66. The zero-order valence-corrected chi connectivity index (χ0v) is 15.3. The number of ether oxygens (including phenoxy) is 1. The van der Waals surface area contributed by atoms with Crippen LogP contribution in [-0.4, -0.2) is 60.0 Å². The Hall–Kier alpha value is -1.34. The molecule has 1 amide bonds. The summed E-state index contributed by atoms with van der Waals surface area (Å²) in [6, 6.07) is 4.91. The highest BCUT2D eigenvalue weighted by Crippen LogP contribution is 2.36. The van der Waals surface area contributed by atoms with Gasteiger partial charge in [-0.25, -0.2) is 0 Å². The number of halogens is 1. The lowest BCUT2D eigenvalue weighted by Gasteiger charge is -2.45. The molecule has 1 aliphatic rings. The molecule has 1 heterocycles. The molecule has 0 aromatic heterocycles. The lowest BCUT2D eigenvalue weighted by Crippen LogP contribution is -2.55. The number of piperidine rings is 1. The first kappa shape index (κ1) is 20.0. The van der Waals surface area contributed by atoms with E-state index in [1.807, 2.05) is 6.92 Å². The maximum Gasteiger partial charge on any atom is 0.257 e. The van der Waals surface area contributed by atoms with Gasteiger partial charge in [-0.3, -0.25) is 4.79 Å². The van der Waals surface area contributed by atoms with E-state index in [1.54, 1.807) is 23.1 Å². The topological polar surface area (TPSA) is 96.0 Å². The molecule has 25 heavy (non-hydrogen) atoms. The van der Waals surface area contributed by atoms with E-state index in [-0.39, 0.29) is 12.5 Å². The summed E-state index contributed by atoms with van der Waals surface area (Å²) in [7, 11) is 0. The van der Waals surface area contributed by atoms with Crippen LogP contribution in [0, 0.1) is 5.41 Å². The monoisotopic (exact) mass is 370 g/mol. The number of carbonyl (C=O) groups excluding carboxylic acids is 1. The van der Waals surface area contributed by atoms with Crippen LogP contribution in [0.3, 0.4) is 0 Å². The Kier molecular flexibility index (Phi) is 7.07. The average molecular weight is 371 g/mol. The lowest BCUT2D eigenvalue weighted by atomic mass is 9.74. The molecule has 0 saturated carbocycles. The summed E-state index contributed by atoms with van der Waals surface area (Å²) in [6.07, 6.45) is 1.29. The van der Waals surface area contributed by atoms with Gasteiger partial charge in [0, 0.05) is 30.1 Å². The second-order valence-corrected chi connectivity index (χ2v) is 7.02. The minimum atomic E-state index is -0.681. The molecule has 0 bridgehead atoms. The van der Waals surface area contributed by atoms with Crippen molar-refractivity contribution >= 4 is 17.5 Å². The van der Waals surface area contributed by atoms with E-state index in [1.165, 1.54) is 0 Å². The van der Waals surface area contributed by atoms with E-state index < -0.39 is 11.5 Å². The molecule has 1 aromatic rings. The molecule has 0 aliphatic carbocycles. The highest BCUT2D eigenvalue weighted by molar-refractivity contribution is 6.31. The Balaban J connectivity index is 2.26. The van der Waals surface area contributed by atoms with Crippen molar-refractivity contribution in [3.05, 3.63) is 28.8 Å². The second-order valence-electron chi connectivity index (χ2n) is 6.58. The van der Waals surface area contributed by atoms with Crippen LogP contribution in [0.1, 0.15) is 36.5 Å². The Morgan fingerprint density at radius 3 is 2.92 bits per heavy atom. The molecule has 4 N–H and O–H groups in total. The fourth-order valence-corrected chi connectivity index (χ4v) is 3.61. The van der Waals surface area contributed by atoms with Gasteiger partial charge >= 0.3 is 0 Å². The molecule has 7 heteroatoms. The molecular formula is C18H27ClN2O4. The van der Waals surface area contributed by atoms with Crippen molar-refractivity contribution in [2.45, 2.75) is 32.3 Å². The van der Waals surface area contributed by atoms with Gasteiger partial charge in [0.1, 0.15) is 12.4 Å². The van der Waals surface area contributed by atoms with Crippen LogP contribution in [-0.2, 0) is 0 Å². The van der Waals surface area contributed by atoms with Gasteiger partial charge in [0.2, 0.25) is 0 Å². The normalized spacial score (nSPS) is 23.6. The summed E-state index contributed by atoms with van der Waals surface area (Å²) < 4.78 is 5.57. The van der Waals surface area contributed by atoms with Crippen LogP contribution in [0.25, 0.3) is 0 Å². The minimum Gasteiger partial charge on any atom is -0.491 e. The summed E-state index contributed by atoms with van der Waals surface area (Å²) in [5, 5.41) is 20.7. The Labute approximate surface area is 153 Å². The maximum atomic E-state index is 13.0. The molecule has 0 radical (unpaired) electrons. The van der Waals surface area contributed by atoms with E-state index in [9.17, 15) is 15.0 Å². The van der Waals surface area contributed by atoms with Crippen molar-refractivity contribution < 1.29 is 19.7 Å². The van der Waals surface area contributed by atoms with Crippen LogP contribution in [0.2, 0.25) is 5.02 Å². The number of hydrogen-bond donors (Lipinski definition) is 3. The Morgan fingerprint density at radius 1 is 1.52 bits per heavy atom. The van der Waals surface area contributed by atoms with Gasteiger partial charge in [-0.15, -0.1) is 0 Å². The number of benzene rings is 1. The third kappa shape index (κ3) is 4.44. The Morgan fingerprint density at radius 2 is 2.28 bits per heavy atom. The van der Waals surface area contributed by atoms with E-state index in [0.29, 0.717) is 55.4 Å². The maximum absolute atomic E-state index is 13.0. The molecule has 1 fully saturated rings. The quantitative estimate of drug-likeness (QED) is 0.678. The summed E-state index contributed by atoms with van der Waals surface area (Å²) >= 11 is 6.06. The molecule has 2 atom stereocenters. The van der Waals surface area contributed by atoms with Gasteiger partial charge in [0.25, 0.3) is 5.91 Å². The first-order chi connectivity index (χ1) is 12.0. The minimum absolute atomic E-state index is 0.155. The summed E-state index contributed by atoms with van der Waals surface area (Å²) in [4.78, 5) is 14.7. The third-order valence-corrected chi connectivity index (χ3v) is 5.02. The Bertz CT molecular complexity index is 598. The number of aliphatic hydroxyl groups is 2. The fraction of sp³-hybridized carbons (Fsp3) is 0.611. The molecule has 0 spiro atoms. The van der Waals surface area contributed by atoms with E-state index in [2.05, 4.69) is 0 Å². The highest BCUT2D eigenvalue weighted by atomic mass is 35.5. The van der Waals surface area contributed by atoms with E-state index >= 15 is 0 Å². The smallest absolute Gasteiger partial charge is 0.257 e. The van der Waals surface area contributed by atoms with E-state index in [4.69, 9.17) is 22.1 Å². The molecule has 6 nitrogen and oxygen atoms in total. The zero-order valence-electron chi connectivity index (χ0n) is 14.6. The van der Waals surface area contributed by atoms with Crippen molar-refractivity contribution in [3.8, 4) is 5.75 Å². The average Bonchev–Trinajstić information content (AvgIpc) is 2.62. The van der Waals surface area contributed by atoms with Crippen molar-refractivity contribution in [1.82, 2.24) is 4.90 Å². The SMILES string of the molecule is CCC[C@@]1(CO)CN(C(=O)c2cc(Cl)ccc2OCCN)CC[C@H]1O. The number of rotatable bonds is 7. The third-order valence-electron chi connectivity index (χ3n) is 4.78. The zero-order chi connectivity index (χ0) is 18.4. The largest absolute Gasteiger partial charge is 0.491 e. The van der Waals surface area contributed by atoms with Crippen molar-refractivity contribution in [3.63, 3.8) is 0 Å². The van der Waals surface area contributed by atoms with Gasteiger partial charge in [-0.05, 0) is 31.0 Å². The van der Waals surface area contributed by atoms with Crippen molar-refractivity contribution in [2.75, 3.05) is 32.8 Å². The first-order valence-electron chi connectivity index (χ1n) is 8.68. The number of carbonyl (C=O) groups is 1. The number of hydrogen-bond acceptors (Lipinski definition) is 5. The van der Waals surface area contributed by atoms with Gasteiger partial charge in [0.05, 0.1) is 18.3 Å². The summed E-state index contributed by atoms with van der Waals surface area (Å²) in [5.41, 5.74) is 5.17. The summed E-state index contributed by atoms with van der Waals surface area (Å²) in [5.74, 6) is 0.228. The lowest BCUT2D eigenvalue weighted by molar-refractivity contribution is -0.0720. The van der Waals surface area contributed by atoms with Crippen LogP contribution >= 0.6 is 11.6 Å². The number of likely N-dealkylation sites (tertiary alicyclic amines) is 1. The fourth-order valence-electron chi connectivity index (χ4n) is 3.43. The van der Waals surface area contributed by atoms with Gasteiger partial charge in [-0.2, -0.15) is 0 Å². The molecule has 1 saturated heterocycles. The van der Waals surface area contributed by atoms with Crippen LogP contribution in [0.5, 0.6) is 5.75 Å². The van der Waals surface area contributed by atoms with Gasteiger partial charge in [-0.1, -0.05) is 24.9 Å². The first-order valence-corrected chi connectivity index (χ1v) is 9.06. The number of nitrogens with zero attached hydrogens (tertiary/aromatic N) is 1. The highest BCUT2D eigenvalue weighted by Gasteiger charge is 2.43. The number of amides is 1. The molecule has 0 unspecified atom stereocenters. The van der Waals surface area contributed by atoms with Gasteiger partial charge < -0.3 is 25.6 Å². The number of aliphatic hydroxyl groups excluding tert-OH is 2. The molecule has 2 rings (SSSR count).